The van der Waals surface area contributed by atoms with E-state index in [1.807, 2.05) is 0 Å². The molecule has 0 aromatic heterocycles. The molecule has 0 unspecified atom stereocenters. The lowest BCUT2D eigenvalue weighted by Gasteiger charge is -2.14. The van der Waals surface area contributed by atoms with E-state index >= 15 is 0 Å². The summed E-state index contributed by atoms with van der Waals surface area (Å²) in [6.45, 7) is 0.0890. The van der Waals surface area contributed by atoms with Crippen LogP contribution in [0, 0.1) is 5.82 Å². The minimum Gasteiger partial charge on any atom is -0.493 e. The monoisotopic (exact) mass is 503 g/mol. The minimum absolute atomic E-state index is 0.0890. The second kappa shape index (κ2) is 9.87. The van der Waals surface area contributed by atoms with Gasteiger partial charge in [-0.25, -0.2) is 9.29 Å². The minimum atomic E-state index is -0.464. The van der Waals surface area contributed by atoms with Crippen molar-refractivity contribution in [3.8, 4) is 11.5 Å². The van der Waals surface area contributed by atoms with E-state index in [1.165, 1.54) is 19.2 Å². The maximum Gasteiger partial charge on any atom is 0.298 e. The Bertz CT molecular complexity index is 1280. The highest BCUT2D eigenvalue weighted by Gasteiger charge is 2.36. The van der Waals surface area contributed by atoms with E-state index in [0.29, 0.717) is 27.6 Å². The Morgan fingerprint density at radius 2 is 1.85 bits per heavy atom. The zero-order valence-corrected chi connectivity index (χ0v) is 19.5. The number of ether oxygens (including phenoxy) is 2. The lowest BCUT2D eigenvalue weighted by Crippen LogP contribution is -2.27. The van der Waals surface area contributed by atoms with Gasteiger partial charge in [-0.3, -0.25) is 9.59 Å². The molecule has 4 rings (SSSR count). The molecule has 3 aromatic carbocycles. The number of thioether (sulfide) groups is 1. The molecular formula is C24H16Cl2FNO4S. The van der Waals surface area contributed by atoms with E-state index < -0.39 is 11.1 Å². The molecule has 1 fully saturated rings. The maximum absolute atomic E-state index is 13.4. The summed E-state index contributed by atoms with van der Waals surface area (Å²) in [6, 6.07) is 15.8. The number of halogens is 3. The van der Waals surface area contributed by atoms with Crippen molar-refractivity contribution in [2.24, 2.45) is 0 Å². The SMILES string of the molecule is COc1cc(/C=C2/SC(=O)N(c3cccc(Cl)c3)C2=O)cc(Cl)c1OCc1cccc(F)c1. The molecule has 0 saturated carbocycles. The summed E-state index contributed by atoms with van der Waals surface area (Å²) in [5, 5.41) is 0.230. The van der Waals surface area contributed by atoms with Crippen molar-refractivity contribution in [1.82, 2.24) is 0 Å². The molecule has 1 saturated heterocycles. The first kappa shape index (κ1) is 23.2. The van der Waals surface area contributed by atoms with Gasteiger partial charge in [0.05, 0.1) is 22.7 Å². The van der Waals surface area contributed by atoms with Crippen molar-refractivity contribution in [3.05, 3.63) is 92.6 Å². The predicted molar refractivity (Wildman–Crippen MR) is 129 cm³/mol. The Labute approximate surface area is 203 Å². The quantitative estimate of drug-likeness (QED) is 0.340. The lowest BCUT2D eigenvalue weighted by molar-refractivity contribution is -0.113. The van der Waals surface area contributed by atoms with E-state index in [1.54, 1.807) is 54.6 Å². The summed E-state index contributed by atoms with van der Waals surface area (Å²) in [7, 11) is 1.46. The van der Waals surface area contributed by atoms with Crippen LogP contribution < -0.4 is 14.4 Å². The fraction of sp³-hybridized carbons (Fsp3) is 0.0833. The summed E-state index contributed by atoms with van der Waals surface area (Å²) >= 11 is 13.2. The van der Waals surface area contributed by atoms with Gasteiger partial charge in [-0.05, 0) is 71.4 Å². The molecule has 0 bridgehead atoms. The second-order valence-electron chi connectivity index (χ2n) is 6.95. The van der Waals surface area contributed by atoms with Crippen molar-refractivity contribution in [2.75, 3.05) is 12.0 Å². The molecule has 2 amide bonds. The van der Waals surface area contributed by atoms with E-state index in [9.17, 15) is 14.0 Å². The van der Waals surface area contributed by atoms with E-state index in [2.05, 4.69) is 0 Å². The van der Waals surface area contributed by atoms with E-state index in [-0.39, 0.29) is 28.1 Å². The third-order valence-electron chi connectivity index (χ3n) is 4.68. The second-order valence-corrected chi connectivity index (χ2v) is 8.79. The zero-order chi connectivity index (χ0) is 23.5. The Morgan fingerprint density at radius 1 is 1.06 bits per heavy atom. The van der Waals surface area contributed by atoms with Crippen LogP contribution in [-0.4, -0.2) is 18.3 Å². The van der Waals surface area contributed by atoms with Gasteiger partial charge in [0.15, 0.2) is 11.5 Å². The molecule has 1 aliphatic rings. The first-order chi connectivity index (χ1) is 15.9. The topological polar surface area (TPSA) is 55.8 Å². The van der Waals surface area contributed by atoms with Gasteiger partial charge in [0.2, 0.25) is 0 Å². The number of hydrogen-bond acceptors (Lipinski definition) is 5. The van der Waals surface area contributed by atoms with Crippen LogP contribution in [0.2, 0.25) is 10.0 Å². The Morgan fingerprint density at radius 3 is 2.58 bits per heavy atom. The lowest BCUT2D eigenvalue weighted by atomic mass is 10.1. The number of imide groups is 1. The van der Waals surface area contributed by atoms with Crippen LogP contribution in [-0.2, 0) is 11.4 Å². The Balaban J connectivity index is 1.58. The molecule has 0 atom stereocenters. The Kier molecular flexibility index (Phi) is 6.93. The van der Waals surface area contributed by atoms with Gasteiger partial charge in [0.1, 0.15) is 12.4 Å². The van der Waals surface area contributed by atoms with Crippen molar-refractivity contribution in [1.29, 1.82) is 0 Å². The first-order valence-corrected chi connectivity index (χ1v) is 11.2. The number of carbonyl (C=O) groups is 2. The normalized spacial score (nSPS) is 14.8. The summed E-state index contributed by atoms with van der Waals surface area (Å²) in [5.41, 5.74) is 1.57. The van der Waals surface area contributed by atoms with Crippen LogP contribution >= 0.6 is 35.0 Å². The molecule has 0 N–H and O–H groups in total. The fourth-order valence-corrected chi connectivity index (χ4v) is 4.50. The largest absolute Gasteiger partial charge is 0.493 e. The average Bonchev–Trinajstić information content (AvgIpc) is 3.05. The highest BCUT2D eigenvalue weighted by atomic mass is 35.5. The fourth-order valence-electron chi connectivity index (χ4n) is 3.20. The molecule has 0 aliphatic carbocycles. The third-order valence-corrected chi connectivity index (χ3v) is 6.07. The van der Waals surface area contributed by atoms with E-state index in [4.69, 9.17) is 32.7 Å². The third kappa shape index (κ3) is 5.16. The molecule has 0 spiro atoms. The number of carbonyl (C=O) groups excluding carboxylic acids is 2. The van der Waals surface area contributed by atoms with Crippen LogP contribution in [0.15, 0.2) is 65.6 Å². The van der Waals surface area contributed by atoms with Crippen LogP contribution in [0.5, 0.6) is 11.5 Å². The number of hydrogen-bond donors (Lipinski definition) is 0. The average molecular weight is 504 g/mol. The number of benzene rings is 3. The molecule has 3 aromatic rings. The number of anilines is 1. The number of nitrogens with zero attached hydrogens (tertiary/aromatic N) is 1. The smallest absolute Gasteiger partial charge is 0.298 e. The summed E-state index contributed by atoms with van der Waals surface area (Å²) in [5.74, 6) is -0.211. The number of methoxy groups -OCH3 is 1. The standard InChI is InChI=1S/C24H16Cl2FNO4S/c1-31-20-10-15(9-19(26)22(20)32-13-14-4-2-6-17(27)8-14)11-21-23(29)28(24(30)33-21)18-7-3-5-16(25)12-18/h2-12H,13H2,1H3/b21-11+. The highest BCUT2D eigenvalue weighted by Crippen LogP contribution is 2.40. The molecule has 9 heteroatoms. The highest BCUT2D eigenvalue weighted by molar-refractivity contribution is 8.19. The summed E-state index contributed by atoms with van der Waals surface area (Å²) < 4.78 is 24.6. The van der Waals surface area contributed by atoms with Crippen molar-refractivity contribution in [2.45, 2.75) is 6.61 Å². The molecular weight excluding hydrogens is 488 g/mol. The Hall–Kier alpha value is -3.00. The number of rotatable bonds is 6. The summed E-state index contributed by atoms with van der Waals surface area (Å²) in [6.07, 6.45) is 1.56. The number of amides is 2. The van der Waals surface area contributed by atoms with Crippen LogP contribution in [0.1, 0.15) is 11.1 Å². The summed E-state index contributed by atoms with van der Waals surface area (Å²) in [4.78, 5) is 26.6. The maximum atomic E-state index is 13.4. The van der Waals surface area contributed by atoms with Gasteiger partial charge in [0.25, 0.3) is 11.1 Å². The van der Waals surface area contributed by atoms with Crippen molar-refractivity contribution in [3.63, 3.8) is 0 Å². The van der Waals surface area contributed by atoms with Crippen LogP contribution in [0.25, 0.3) is 6.08 Å². The molecule has 1 aliphatic heterocycles. The van der Waals surface area contributed by atoms with Crippen molar-refractivity contribution >= 4 is 57.9 Å². The van der Waals surface area contributed by atoms with Gasteiger partial charge in [-0.15, -0.1) is 0 Å². The van der Waals surface area contributed by atoms with Crippen LogP contribution in [0.4, 0.5) is 14.9 Å². The van der Waals surface area contributed by atoms with Gasteiger partial charge in [-0.1, -0.05) is 41.4 Å². The van der Waals surface area contributed by atoms with E-state index in [0.717, 1.165) is 16.7 Å². The van der Waals surface area contributed by atoms with Gasteiger partial charge < -0.3 is 9.47 Å². The zero-order valence-electron chi connectivity index (χ0n) is 17.2. The molecule has 5 nitrogen and oxygen atoms in total. The molecule has 1 heterocycles. The molecule has 33 heavy (non-hydrogen) atoms. The van der Waals surface area contributed by atoms with Gasteiger partial charge >= 0.3 is 0 Å². The predicted octanol–water partition coefficient (Wildman–Crippen LogP) is 6.96. The first-order valence-electron chi connectivity index (χ1n) is 9.64. The molecule has 0 radical (unpaired) electrons. The van der Waals surface area contributed by atoms with Gasteiger partial charge in [0, 0.05) is 5.02 Å². The van der Waals surface area contributed by atoms with Crippen LogP contribution in [0.3, 0.4) is 0 Å². The van der Waals surface area contributed by atoms with Gasteiger partial charge in [-0.2, -0.15) is 0 Å². The van der Waals surface area contributed by atoms with Crippen molar-refractivity contribution < 1.29 is 23.5 Å². The molecule has 168 valence electrons.